The summed E-state index contributed by atoms with van der Waals surface area (Å²) in [5, 5.41) is 9.14. The minimum atomic E-state index is -4.11. The highest BCUT2D eigenvalue weighted by atomic mass is 32.2. The summed E-state index contributed by atoms with van der Waals surface area (Å²) >= 11 is 0. The Labute approximate surface area is 110 Å². The third kappa shape index (κ3) is 2.50. The Morgan fingerprint density at radius 3 is 2.68 bits per heavy atom. The van der Waals surface area contributed by atoms with Gasteiger partial charge in [0.25, 0.3) is 0 Å². The fourth-order valence-corrected chi connectivity index (χ4v) is 4.00. The Morgan fingerprint density at radius 2 is 2.05 bits per heavy atom. The molecule has 0 bridgehead atoms. The monoisotopic (exact) mass is 291 g/mol. The molecule has 19 heavy (non-hydrogen) atoms. The minimum absolute atomic E-state index is 0.0524. The van der Waals surface area contributed by atoms with E-state index in [1.807, 2.05) is 0 Å². The first-order valence-electron chi connectivity index (χ1n) is 5.96. The van der Waals surface area contributed by atoms with Gasteiger partial charge in [-0.15, -0.1) is 0 Å². The van der Waals surface area contributed by atoms with Gasteiger partial charge in [-0.1, -0.05) is 0 Å². The first-order chi connectivity index (χ1) is 8.87. The summed E-state index contributed by atoms with van der Waals surface area (Å²) in [6.45, 7) is 1.25. The number of aliphatic hydroxyl groups excluding tert-OH is 1. The SMILES string of the molecule is Cc1cc(F)c(S(=O)(=O)N2CCC[C@@H]2CO)cc1F. The van der Waals surface area contributed by atoms with E-state index in [4.69, 9.17) is 5.11 Å². The molecule has 7 heteroatoms. The normalized spacial score (nSPS) is 20.9. The van der Waals surface area contributed by atoms with Crippen molar-refractivity contribution in [3.8, 4) is 0 Å². The van der Waals surface area contributed by atoms with E-state index in [-0.39, 0.29) is 18.7 Å². The third-order valence-electron chi connectivity index (χ3n) is 3.33. The topological polar surface area (TPSA) is 57.6 Å². The van der Waals surface area contributed by atoms with E-state index in [2.05, 4.69) is 0 Å². The average Bonchev–Trinajstić information content (AvgIpc) is 2.82. The molecule has 0 aliphatic carbocycles. The zero-order valence-corrected chi connectivity index (χ0v) is 11.3. The van der Waals surface area contributed by atoms with Gasteiger partial charge in [-0.25, -0.2) is 17.2 Å². The van der Waals surface area contributed by atoms with E-state index < -0.39 is 32.6 Å². The molecule has 1 aromatic carbocycles. The van der Waals surface area contributed by atoms with Gasteiger partial charge in [-0.3, -0.25) is 0 Å². The Morgan fingerprint density at radius 1 is 1.37 bits per heavy atom. The number of hydrogen-bond acceptors (Lipinski definition) is 3. The highest BCUT2D eigenvalue weighted by Crippen LogP contribution is 2.28. The Balaban J connectivity index is 2.48. The zero-order valence-electron chi connectivity index (χ0n) is 10.4. The molecule has 0 saturated carbocycles. The second-order valence-corrected chi connectivity index (χ2v) is 6.49. The maximum atomic E-state index is 13.8. The first-order valence-corrected chi connectivity index (χ1v) is 7.40. The van der Waals surface area contributed by atoms with E-state index in [1.165, 1.54) is 6.92 Å². The summed E-state index contributed by atoms with van der Waals surface area (Å²) in [6, 6.07) is 1.01. The van der Waals surface area contributed by atoms with Crippen molar-refractivity contribution < 1.29 is 22.3 Å². The average molecular weight is 291 g/mol. The molecular formula is C12H15F2NO3S. The molecule has 106 valence electrons. The van der Waals surface area contributed by atoms with Gasteiger partial charge in [-0.2, -0.15) is 4.31 Å². The van der Waals surface area contributed by atoms with Gasteiger partial charge < -0.3 is 5.11 Å². The number of sulfonamides is 1. The molecule has 1 fully saturated rings. The molecule has 1 atom stereocenters. The number of halogens is 2. The largest absolute Gasteiger partial charge is 0.395 e. The maximum absolute atomic E-state index is 13.8. The van der Waals surface area contributed by atoms with E-state index in [9.17, 15) is 17.2 Å². The van der Waals surface area contributed by atoms with Crippen LogP contribution in [0.25, 0.3) is 0 Å². The fraction of sp³-hybridized carbons (Fsp3) is 0.500. The van der Waals surface area contributed by atoms with E-state index in [1.54, 1.807) is 0 Å². The van der Waals surface area contributed by atoms with Crippen LogP contribution in [-0.2, 0) is 10.0 Å². The zero-order chi connectivity index (χ0) is 14.2. The van der Waals surface area contributed by atoms with Crippen LogP contribution >= 0.6 is 0 Å². The summed E-state index contributed by atoms with van der Waals surface area (Å²) in [7, 11) is -4.11. The smallest absolute Gasteiger partial charge is 0.246 e. The molecule has 0 spiro atoms. The lowest BCUT2D eigenvalue weighted by molar-refractivity contribution is 0.213. The van der Waals surface area contributed by atoms with Gasteiger partial charge in [0.15, 0.2) is 0 Å². The van der Waals surface area contributed by atoms with Gasteiger partial charge in [0.2, 0.25) is 10.0 Å². The summed E-state index contributed by atoms with van der Waals surface area (Å²) in [4.78, 5) is -0.670. The number of aliphatic hydroxyl groups is 1. The van der Waals surface area contributed by atoms with E-state index in [0.29, 0.717) is 18.9 Å². The van der Waals surface area contributed by atoms with Crippen LogP contribution in [0.1, 0.15) is 18.4 Å². The van der Waals surface area contributed by atoms with Gasteiger partial charge in [-0.05, 0) is 37.5 Å². The van der Waals surface area contributed by atoms with Crippen LogP contribution in [0.2, 0.25) is 0 Å². The molecule has 0 unspecified atom stereocenters. The van der Waals surface area contributed by atoms with Crippen LogP contribution in [0.15, 0.2) is 17.0 Å². The van der Waals surface area contributed by atoms with Gasteiger partial charge in [0.05, 0.1) is 6.61 Å². The summed E-state index contributed by atoms with van der Waals surface area (Å²) < 4.78 is 52.9. The molecular weight excluding hydrogens is 276 g/mol. The van der Waals surface area contributed by atoms with Crippen molar-refractivity contribution in [3.63, 3.8) is 0 Å². The Bertz CT molecular complexity index is 589. The molecule has 2 rings (SSSR count). The van der Waals surface area contributed by atoms with Gasteiger partial charge in [0, 0.05) is 12.6 Å². The fourth-order valence-electron chi connectivity index (χ4n) is 2.26. The number of hydrogen-bond donors (Lipinski definition) is 1. The number of rotatable bonds is 3. The van der Waals surface area contributed by atoms with Gasteiger partial charge in [0.1, 0.15) is 16.5 Å². The van der Waals surface area contributed by atoms with Gasteiger partial charge >= 0.3 is 0 Å². The molecule has 1 aliphatic rings. The van der Waals surface area contributed by atoms with Crippen LogP contribution < -0.4 is 0 Å². The quantitative estimate of drug-likeness (QED) is 0.916. The van der Waals surface area contributed by atoms with Crippen LogP contribution in [0.4, 0.5) is 8.78 Å². The minimum Gasteiger partial charge on any atom is -0.395 e. The lowest BCUT2D eigenvalue weighted by atomic mass is 10.2. The second-order valence-electron chi connectivity index (χ2n) is 4.63. The third-order valence-corrected chi connectivity index (χ3v) is 5.30. The second kappa shape index (κ2) is 5.15. The lowest BCUT2D eigenvalue weighted by Crippen LogP contribution is -2.38. The first kappa shape index (κ1) is 14.4. The van der Waals surface area contributed by atoms with Crippen molar-refractivity contribution in [2.45, 2.75) is 30.7 Å². The number of benzene rings is 1. The standard InChI is InChI=1S/C12H15F2NO3S/c1-8-5-11(14)12(6-10(8)13)19(17,18)15-4-2-3-9(15)7-16/h5-6,9,16H,2-4,7H2,1H3/t9-/m1/s1. The van der Waals surface area contributed by atoms with Crippen LogP contribution in [0.5, 0.6) is 0 Å². The summed E-state index contributed by atoms with van der Waals surface area (Å²) in [5.41, 5.74) is 0.0524. The summed E-state index contributed by atoms with van der Waals surface area (Å²) in [5.74, 6) is -1.73. The molecule has 4 nitrogen and oxygen atoms in total. The van der Waals surface area contributed by atoms with Crippen LogP contribution in [0.3, 0.4) is 0 Å². The van der Waals surface area contributed by atoms with E-state index in [0.717, 1.165) is 10.4 Å². The van der Waals surface area contributed by atoms with Crippen molar-refractivity contribution in [3.05, 3.63) is 29.3 Å². The Hall–Kier alpha value is -1.05. The highest BCUT2D eigenvalue weighted by Gasteiger charge is 2.36. The lowest BCUT2D eigenvalue weighted by Gasteiger charge is -2.22. The Kier molecular flexibility index (Phi) is 3.89. The molecule has 1 aromatic rings. The highest BCUT2D eigenvalue weighted by molar-refractivity contribution is 7.89. The predicted molar refractivity (Wildman–Crippen MR) is 65.1 cm³/mol. The predicted octanol–water partition coefficient (Wildman–Crippen LogP) is 1.42. The number of aryl methyl sites for hydroxylation is 1. The molecule has 1 N–H and O–H groups in total. The maximum Gasteiger partial charge on any atom is 0.246 e. The molecule has 1 saturated heterocycles. The molecule has 0 aromatic heterocycles. The van der Waals surface area contributed by atoms with Crippen molar-refractivity contribution >= 4 is 10.0 Å². The van der Waals surface area contributed by atoms with Crippen molar-refractivity contribution in [2.24, 2.45) is 0 Å². The van der Waals surface area contributed by atoms with Crippen molar-refractivity contribution in [1.82, 2.24) is 4.31 Å². The molecule has 1 aliphatic heterocycles. The van der Waals surface area contributed by atoms with Crippen LogP contribution in [-0.4, -0.2) is 37.0 Å². The van der Waals surface area contributed by atoms with Crippen LogP contribution in [0, 0.1) is 18.6 Å². The summed E-state index contributed by atoms with van der Waals surface area (Å²) in [6.07, 6.45) is 1.12. The van der Waals surface area contributed by atoms with E-state index >= 15 is 0 Å². The molecule has 0 amide bonds. The van der Waals surface area contributed by atoms with Crippen molar-refractivity contribution in [2.75, 3.05) is 13.2 Å². The molecule has 0 radical (unpaired) electrons. The number of nitrogens with zero attached hydrogens (tertiary/aromatic N) is 1. The molecule has 1 heterocycles. The van der Waals surface area contributed by atoms with Crippen molar-refractivity contribution in [1.29, 1.82) is 0 Å².